The monoisotopic (exact) mass is 309 g/mol. The molecule has 0 radical (unpaired) electrons. The van der Waals surface area contributed by atoms with Crippen LogP contribution in [0.25, 0.3) is 0 Å². The van der Waals surface area contributed by atoms with Crippen LogP contribution < -0.4 is 0 Å². The normalized spacial score (nSPS) is 22.8. The quantitative estimate of drug-likeness (QED) is 0.789. The van der Waals surface area contributed by atoms with Gasteiger partial charge in [0.15, 0.2) is 0 Å². The highest BCUT2D eigenvalue weighted by atomic mass is 35.5. The highest BCUT2D eigenvalue weighted by molar-refractivity contribution is 8.15. The van der Waals surface area contributed by atoms with Gasteiger partial charge in [0.2, 0.25) is 5.12 Å². The third-order valence-corrected chi connectivity index (χ3v) is 4.74. The summed E-state index contributed by atoms with van der Waals surface area (Å²) in [5.74, 6) is 0. The molecule has 0 unspecified atom stereocenters. The van der Waals surface area contributed by atoms with Gasteiger partial charge in [-0.3, -0.25) is 9.79 Å². The van der Waals surface area contributed by atoms with Gasteiger partial charge < -0.3 is 0 Å². The van der Waals surface area contributed by atoms with E-state index in [9.17, 15) is 4.79 Å². The van der Waals surface area contributed by atoms with Crippen molar-refractivity contribution in [1.82, 2.24) is 0 Å². The maximum absolute atomic E-state index is 12.4. The summed E-state index contributed by atoms with van der Waals surface area (Å²) in [6.07, 6.45) is 1.63. The largest absolute Gasteiger partial charge is 0.284 e. The first-order chi connectivity index (χ1) is 9.20. The average molecular weight is 310 g/mol. The summed E-state index contributed by atoms with van der Waals surface area (Å²) in [6.45, 7) is 8.10. The maximum Gasteiger partial charge on any atom is 0.216 e. The molecule has 2 rings (SSSR count). The zero-order valence-corrected chi connectivity index (χ0v) is 13.9. The molecule has 1 aliphatic rings. The molecule has 0 spiro atoms. The number of halogens is 1. The molecule has 1 aromatic rings. The molecule has 4 heteroatoms. The first-order valence-corrected chi connectivity index (χ1v) is 7.97. The summed E-state index contributed by atoms with van der Waals surface area (Å²) >= 11 is 7.29. The van der Waals surface area contributed by atoms with Gasteiger partial charge in [-0.15, -0.1) is 0 Å². The number of carbonyl (C=O) groups excluding carboxylic acids is 1. The first-order valence-electron chi connectivity index (χ1n) is 6.78. The molecule has 1 aliphatic heterocycles. The second-order valence-electron chi connectivity index (χ2n) is 6.34. The van der Waals surface area contributed by atoms with E-state index >= 15 is 0 Å². The minimum absolute atomic E-state index is 0.0708. The third kappa shape index (κ3) is 3.64. The van der Waals surface area contributed by atoms with E-state index in [0.29, 0.717) is 0 Å². The van der Waals surface area contributed by atoms with Gasteiger partial charge in [-0.05, 0) is 37.5 Å². The molecule has 108 valence electrons. The standard InChI is InChI=1S/C16H20ClNOS/c1-15(2,3)20-14(19)16(4)10-9-13(18-16)11-5-7-12(17)8-6-11/h5-8H,9-10H2,1-4H3/t16-/m0/s1. The number of rotatable bonds is 2. The number of hydrogen-bond acceptors (Lipinski definition) is 3. The number of nitrogens with zero attached hydrogens (tertiary/aromatic N) is 1. The Kier molecular flexibility index (Phi) is 4.31. The lowest BCUT2D eigenvalue weighted by atomic mass is 10.0. The summed E-state index contributed by atoms with van der Waals surface area (Å²) in [6, 6.07) is 7.66. The van der Waals surface area contributed by atoms with Crippen LogP contribution in [0.1, 0.15) is 46.1 Å². The van der Waals surface area contributed by atoms with Gasteiger partial charge in [-0.1, -0.05) is 56.3 Å². The molecule has 0 bridgehead atoms. The Balaban J connectivity index is 2.20. The molecular formula is C16H20ClNOS. The molecule has 0 saturated carbocycles. The molecule has 1 aromatic carbocycles. The fourth-order valence-electron chi connectivity index (χ4n) is 2.16. The Labute approximate surface area is 130 Å². The topological polar surface area (TPSA) is 29.4 Å². The lowest BCUT2D eigenvalue weighted by Gasteiger charge is -2.24. The SMILES string of the molecule is CC(C)(C)SC(=O)[C@]1(C)CCC(c2ccc(Cl)cc2)=N1. The van der Waals surface area contributed by atoms with E-state index in [2.05, 4.69) is 20.8 Å². The van der Waals surface area contributed by atoms with Crippen molar-refractivity contribution in [2.45, 2.75) is 50.8 Å². The Hall–Kier alpha value is -0.800. The maximum atomic E-state index is 12.4. The van der Waals surface area contributed by atoms with Gasteiger partial charge in [0, 0.05) is 15.5 Å². The summed E-state index contributed by atoms with van der Waals surface area (Å²) in [5.41, 5.74) is 1.48. The Morgan fingerprint density at radius 3 is 2.45 bits per heavy atom. The minimum Gasteiger partial charge on any atom is -0.284 e. The molecule has 0 amide bonds. The molecule has 0 aliphatic carbocycles. The number of thioether (sulfide) groups is 1. The van der Waals surface area contributed by atoms with E-state index in [4.69, 9.17) is 16.6 Å². The van der Waals surface area contributed by atoms with Crippen molar-refractivity contribution in [3.63, 3.8) is 0 Å². The van der Waals surface area contributed by atoms with Gasteiger partial charge in [0.25, 0.3) is 0 Å². The molecule has 0 saturated heterocycles. The van der Waals surface area contributed by atoms with Crippen LogP contribution in [0.2, 0.25) is 5.02 Å². The smallest absolute Gasteiger partial charge is 0.216 e. The summed E-state index contributed by atoms with van der Waals surface area (Å²) < 4.78 is -0.0708. The van der Waals surface area contributed by atoms with E-state index < -0.39 is 5.54 Å². The van der Waals surface area contributed by atoms with Crippen LogP contribution in [-0.4, -0.2) is 21.1 Å². The van der Waals surface area contributed by atoms with Crippen molar-refractivity contribution in [2.75, 3.05) is 0 Å². The first kappa shape index (κ1) is 15.6. The Morgan fingerprint density at radius 1 is 1.30 bits per heavy atom. The fraction of sp³-hybridized carbons (Fsp3) is 0.500. The van der Waals surface area contributed by atoms with E-state index in [1.54, 1.807) is 0 Å². The molecular weight excluding hydrogens is 290 g/mol. The van der Waals surface area contributed by atoms with E-state index in [0.717, 1.165) is 29.1 Å². The highest BCUT2D eigenvalue weighted by Crippen LogP contribution is 2.36. The van der Waals surface area contributed by atoms with Crippen LogP contribution >= 0.6 is 23.4 Å². The van der Waals surface area contributed by atoms with E-state index in [1.807, 2.05) is 31.2 Å². The zero-order valence-electron chi connectivity index (χ0n) is 12.4. The molecule has 1 heterocycles. The number of benzene rings is 1. The van der Waals surface area contributed by atoms with Gasteiger partial charge in [-0.25, -0.2) is 0 Å². The molecule has 0 fully saturated rings. The van der Waals surface area contributed by atoms with Crippen LogP contribution in [0.4, 0.5) is 0 Å². The minimum atomic E-state index is -0.590. The van der Waals surface area contributed by atoms with Gasteiger partial charge in [0.1, 0.15) is 5.54 Å². The highest BCUT2D eigenvalue weighted by Gasteiger charge is 2.39. The van der Waals surface area contributed by atoms with Gasteiger partial charge in [-0.2, -0.15) is 0 Å². The van der Waals surface area contributed by atoms with Crippen molar-refractivity contribution >= 4 is 34.2 Å². The van der Waals surface area contributed by atoms with Crippen molar-refractivity contribution in [3.05, 3.63) is 34.9 Å². The lowest BCUT2D eigenvalue weighted by Crippen LogP contribution is -2.31. The zero-order chi connectivity index (χ0) is 15.0. The van der Waals surface area contributed by atoms with Crippen molar-refractivity contribution in [1.29, 1.82) is 0 Å². The van der Waals surface area contributed by atoms with Crippen molar-refractivity contribution in [2.24, 2.45) is 4.99 Å². The fourth-order valence-corrected chi connectivity index (χ4v) is 3.21. The van der Waals surface area contributed by atoms with Crippen LogP contribution in [-0.2, 0) is 4.79 Å². The molecule has 0 aromatic heterocycles. The van der Waals surface area contributed by atoms with Crippen LogP contribution in [0, 0.1) is 0 Å². The predicted molar refractivity (Wildman–Crippen MR) is 88.0 cm³/mol. The number of carbonyl (C=O) groups is 1. The van der Waals surface area contributed by atoms with E-state index in [-0.39, 0.29) is 9.86 Å². The van der Waals surface area contributed by atoms with Crippen molar-refractivity contribution < 1.29 is 4.79 Å². The second-order valence-corrected chi connectivity index (χ2v) is 8.58. The second kappa shape index (κ2) is 5.53. The lowest BCUT2D eigenvalue weighted by molar-refractivity contribution is -0.114. The molecule has 20 heavy (non-hydrogen) atoms. The Bertz CT molecular complexity index is 545. The molecule has 2 nitrogen and oxygen atoms in total. The third-order valence-electron chi connectivity index (χ3n) is 3.25. The van der Waals surface area contributed by atoms with Crippen LogP contribution in [0.3, 0.4) is 0 Å². The summed E-state index contributed by atoms with van der Waals surface area (Å²) in [5, 5.41) is 0.878. The summed E-state index contributed by atoms with van der Waals surface area (Å²) in [4.78, 5) is 17.2. The van der Waals surface area contributed by atoms with Gasteiger partial charge >= 0.3 is 0 Å². The average Bonchev–Trinajstić information content (AvgIpc) is 2.72. The van der Waals surface area contributed by atoms with Crippen LogP contribution in [0.5, 0.6) is 0 Å². The molecule has 0 N–H and O–H groups in total. The number of hydrogen-bond donors (Lipinski definition) is 0. The number of aliphatic imine (C=N–C) groups is 1. The van der Waals surface area contributed by atoms with Crippen LogP contribution in [0.15, 0.2) is 29.3 Å². The van der Waals surface area contributed by atoms with Crippen molar-refractivity contribution in [3.8, 4) is 0 Å². The van der Waals surface area contributed by atoms with Gasteiger partial charge in [0.05, 0.1) is 0 Å². The van der Waals surface area contributed by atoms with E-state index in [1.165, 1.54) is 11.8 Å². The summed E-state index contributed by atoms with van der Waals surface area (Å²) in [7, 11) is 0. The molecule has 1 atom stereocenters. The predicted octanol–water partition coefficient (Wildman–Crippen LogP) is 4.74. The Morgan fingerprint density at radius 2 is 1.90 bits per heavy atom.